The highest BCUT2D eigenvalue weighted by Crippen LogP contribution is 1.96. The molecule has 1 aromatic heterocycles. The first-order valence-electron chi connectivity index (χ1n) is 5.19. The number of carbonyl (C=O) groups excluding carboxylic acids is 1. The molecule has 15 heavy (non-hydrogen) atoms. The second-order valence-corrected chi connectivity index (χ2v) is 3.35. The summed E-state index contributed by atoms with van der Waals surface area (Å²) in [7, 11) is 1.86. The number of hydrogen-bond acceptors (Lipinski definition) is 3. The minimum absolute atomic E-state index is 0.0344. The summed E-state index contributed by atoms with van der Waals surface area (Å²) in [5, 5.41) is 5.84. The summed E-state index contributed by atoms with van der Waals surface area (Å²) in [5.41, 5.74) is 0. The van der Waals surface area contributed by atoms with Gasteiger partial charge in [0, 0.05) is 18.9 Å². The molecule has 1 rings (SSSR count). The SMILES string of the molecule is CCCNC(=O)Cn1ccnc1CNC. The molecule has 0 aliphatic heterocycles. The Morgan fingerprint density at radius 1 is 1.60 bits per heavy atom. The average Bonchev–Trinajstić information content (AvgIpc) is 2.63. The van der Waals surface area contributed by atoms with Crippen LogP contribution in [0.15, 0.2) is 12.4 Å². The van der Waals surface area contributed by atoms with E-state index in [9.17, 15) is 4.79 Å². The molecule has 1 heterocycles. The summed E-state index contributed by atoms with van der Waals surface area (Å²) in [4.78, 5) is 15.6. The van der Waals surface area contributed by atoms with Gasteiger partial charge in [0.1, 0.15) is 12.4 Å². The second-order valence-electron chi connectivity index (χ2n) is 3.35. The number of carbonyl (C=O) groups is 1. The maximum Gasteiger partial charge on any atom is 0.239 e. The highest BCUT2D eigenvalue weighted by molar-refractivity contribution is 5.75. The maximum atomic E-state index is 11.4. The van der Waals surface area contributed by atoms with Gasteiger partial charge in [0.15, 0.2) is 0 Å². The number of hydrogen-bond donors (Lipinski definition) is 2. The van der Waals surface area contributed by atoms with Crippen molar-refractivity contribution in [3.05, 3.63) is 18.2 Å². The third-order valence-corrected chi connectivity index (χ3v) is 2.02. The summed E-state index contributed by atoms with van der Waals surface area (Å²) < 4.78 is 1.85. The predicted octanol–water partition coefficient (Wildman–Crippen LogP) is 0.129. The molecule has 0 aromatic carbocycles. The molecule has 0 aliphatic rings. The van der Waals surface area contributed by atoms with Gasteiger partial charge < -0.3 is 15.2 Å². The first kappa shape index (κ1) is 11.7. The summed E-state index contributed by atoms with van der Waals surface area (Å²) in [6, 6.07) is 0. The van der Waals surface area contributed by atoms with Gasteiger partial charge in [0.2, 0.25) is 5.91 Å². The molecule has 1 amide bonds. The lowest BCUT2D eigenvalue weighted by Crippen LogP contribution is -2.29. The van der Waals surface area contributed by atoms with Crippen LogP contribution < -0.4 is 10.6 Å². The fraction of sp³-hybridized carbons (Fsp3) is 0.600. The van der Waals surface area contributed by atoms with E-state index in [1.54, 1.807) is 6.20 Å². The van der Waals surface area contributed by atoms with Gasteiger partial charge in [-0.3, -0.25) is 4.79 Å². The van der Waals surface area contributed by atoms with Crippen molar-refractivity contribution in [2.45, 2.75) is 26.4 Å². The van der Waals surface area contributed by atoms with Crippen molar-refractivity contribution >= 4 is 5.91 Å². The van der Waals surface area contributed by atoms with E-state index in [-0.39, 0.29) is 5.91 Å². The van der Waals surface area contributed by atoms with Gasteiger partial charge in [-0.25, -0.2) is 4.98 Å². The smallest absolute Gasteiger partial charge is 0.239 e. The number of amides is 1. The second kappa shape index (κ2) is 6.19. The Morgan fingerprint density at radius 3 is 3.07 bits per heavy atom. The molecule has 0 spiro atoms. The van der Waals surface area contributed by atoms with Crippen molar-refractivity contribution in [1.29, 1.82) is 0 Å². The first-order chi connectivity index (χ1) is 7.27. The summed E-state index contributed by atoms with van der Waals surface area (Å²) in [6.45, 7) is 3.78. The number of imidazole rings is 1. The highest BCUT2D eigenvalue weighted by Gasteiger charge is 2.05. The zero-order valence-electron chi connectivity index (χ0n) is 9.29. The molecule has 0 radical (unpaired) electrons. The van der Waals surface area contributed by atoms with Crippen LogP contribution in [0.1, 0.15) is 19.2 Å². The fourth-order valence-electron chi connectivity index (χ4n) is 1.28. The van der Waals surface area contributed by atoms with Crippen LogP contribution in [0, 0.1) is 0 Å². The van der Waals surface area contributed by atoms with Gasteiger partial charge in [-0.15, -0.1) is 0 Å². The van der Waals surface area contributed by atoms with Crippen LogP contribution in [-0.4, -0.2) is 29.1 Å². The molecular formula is C10H18N4O. The van der Waals surface area contributed by atoms with Crippen LogP contribution in [0.5, 0.6) is 0 Å². The number of nitrogens with one attached hydrogen (secondary N) is 2. The van der Waals surface area contributed by atoms with Gasteiger partial charge in [0.05, 0.1) is 6.54 Å². The zero-order valence-corrected chi connectivity index (χ0v) is 9.29. The molecular weight excluding hydrogens is 192 g/mol. The van der Waals surface area contributed by atoms with E-state index in [1.165, 1.54) is 0 Å². The minimum Gasteiger partial charge on any atom is -0.355 e. The van der Waals surface area contributed by atoms with E-state index in [0.717, 1.165) is 18.8 Å². The van der Waals surface area contributed by atoms with Crippen molar-refractivity contribution in [3.8, 4) is 0 Å². The summed E-state index contributed by atoms with van der Waals surface area (Å²) in [6.07, 6.45) is 4.48. The molecule has 0 bridgehead atoms. The number of rotatable bonds is 6. The molecule has 0 atom stereocenters. The average molecular weight is 210 g/mol. The van der Waals surface area contributed by atoms with Crippen molar-refractivity contribution in [3.63, 3.8) is 0 Å². The lowest BCUT2D eigenvalue weighted by Gasteiger charge is -2.07. The molecule has 2 N–H and O–H groups in total. The normalized spacial score (nSPS) is 10.3. The van der Waals surface area contributed by atoms with Gasteiger partial charge in [0.25, 0.3) is 0 Å². The van der Waals surface area contributed by atoms with Crippen LogP contribution in [0.25, 0.3) is 0 Å². The summed E-state index contributed by atoms with van der Waals surface area (Å²) >= 11 is 0. The largest absolute Gasteiger partial charge is 0.355 e. The lowest BCUT2D eigenvalue weighted by atomic mass is 10.4. The van der Waals surface area contributed by atoms with E-state index >= 15 is 0 Å². The van der Waals surface area contributed by atoms with Gasteiger partial charge >= 0.3 is 0 Å². The van der Waals surface area contributed by atoms with Crippen LogP contribution in [0.2, 0.25) is 0 Å². The minimum atomic E-state index is 0.0344. The van der Waals surface area contributed by atoms with Crippen LogP contribution >= 0.6 is 0 Å². The first-order valence-corrected chi connectivity index (χ1v) is 5.19. The molecule has 0 aliphatic carbocycles. The van der Waals surface area contributed by atoms with Gasteiger partial charge in [-0.05, 0) is 13.5 Å². The standard InChI is InChI=1S/C10H18N4O/c1-3-4-13-10(15)8-14-6-5-12-9(14)7-11-2/h5-6,11H,3-4,7-8H2,1-2H3,(H,13,15). The molecule has 0 saturated heterocycles. The molecule has 0 saturated carbocycles. The van der Waals surface area contributed by atoms with Gasteiger partial charge in [-0.1, -0.05) is 6.92 Å². The molecule has 1 aromatic rings. The van der Waals surface area contributed by atoms with E-state index in [1.807, 2.05) is 24.7 Å². The molecule has 5 heteroatoms. The molecule has 0 fully saturated rings. The van der Waals surface area contributed by atoms with Crippen molar-refractivity contribution < 1.29 is 4.79 Å². The predicted molar refractivity (Wildman–Crippen MR) is 58.3 cm³/mol. The van der Waals surface area contributed by atoms with Crippen LogP contribution in [0.4, 0.5) is 0 Å². The van der Waals surface area contributed by atoms with Crippen molar-refractivity contribution in [2.24, 2.45) is 0 Å². The Bertz CT molecular complexity index is 308. The van der Waals surface area contributed by atoms with Crippen molar-refractivity contribution in [1.82, 2.24) is 20.2 Å². The Labute approximate surface area is 89.9 Å². The number of aromatic nitrogens is 2. The lowest BCUT2D eigenvalue weighted by molar-refractivity contribution is -0.121. The van der Waals surface area contributed by atoms with E-state index in [4.69, 9.17) is 0 Å². The highest BCUT2D eigenvalue weighted by atomic mass is 16.1. The monoisotopic (exact) mass is 210 g/mol. The molecule has 0 unspecified atom stereocenters. The van der Waals surface area contributed by atoms with Crippen LogP contribution in [-0.2, 0) is 17.9 Å². The summed E-state index contributed by atoms with van der Waals surface area (Å²) in [5.74, 6) is 0.913. The van der Waals surface area contributed by atoms with E-state index in [2.05, 4.69) is 15.6 Å². The Kier molecular flexibility index (Phi) is 4.83. The zero-order chi connectivity index (χ0) is 11.1. The Hall–Kier alpha value is -1.36. The fourth-order valence-corrected chi connectivity index (χ4v) is 1.28. The molecule has 5 nitrogen and oxygen atoms in total. The maximum absolute atomic E-state index is 11.4. The van der Waals surface area contributed by atoms with Gasteiger partial charge in [-0.2, -0.15) is 0 Å². The Morgan fingerprint density at radius 2 is 2.40 bits per heavy atom. The Balaban J connectivity index is 2.48. The topological polar surface area (TPSA) is 59.0 Å². The van der Waals surface area contributed by atoms with Crippen molar-refractivity contribution in [2.75, 3.05) is 13.6 Å². The number of nitrogens with zero attached hydrogens (tertiary/aromatic N) is 2. The molecule has 84 valence electrons. The quantitative estimate of drug-likeness (QED) is 0.701. The third-order valence-electron chi connectivity index (χ3n) is 2.02. The van der Waals surface area contributed by atoms with E-state index < -0.39 is 0 Å². The van der Waals surface area contributed by atoms with Crippen LogP contribution in [0.3, 0.4) is 0 Å². The van der Waals surface area contributed by atoms with E-state index in [0.29, 0.717) is 13.1 Å². The third kappa shape index (κ3) is 3.71.